The van der Waals surface area contributed by atoms with Gasteiger partial charge in [-0.2, -0.15) is 0 Å². The molecule has 1 amide bonds. The van der Waals surface area contributed by atoms with E-state index in [-0.39, 0.29) is 5.91 Å². The smallest absolute Gasteiger partial charge is 0.274 e. The molecule has 0 fully saturated rings. The van der Waals surface area contributed by atoms with Crippen molar-refractivity contribution in [3.63, 3.8) is 0 Å². The van der Waals surface area contributed by atoms with Gasteiger partial charge < -0.3 is 14.6 Å². The minimum absolute atomic E-state index is 0.0309. The first-order chi connectivity index (χ1) is 14.0. The van der Waals surface area contributed by atoms with Crippen molar-refractivity contribution < 1.29 is 4.79 Å². The minimum atomic E-state index is -0.0309. The highest BCUT2D eigenvalue weighted by Crippen LogP contribution is 2.15. The van der Waals surface area contributed by atoms with Crippen molar-refractivity contribution >= 4 is 11.6 Å². The zero-order valence-corrected chi connectivity index (χ0v) is 17.8. The molecule has 0 unspecified atom stereocenters. The molecule has 0 saturated carbocycles. The Balaban J connectivity index is 1.72. The molecule has 1 N–H and O–H groups in total. The normalized spacial score (nSPS) is 11.2. The highest BCUT2D eigenvalue weighted by atomic mass is 16.2. The van der Waals surface area contributed by atoms with Crippen LogP contribution in [0.25, 0.3) is 5.65 Å². The molecule has 3 rings (SSSR count). The van der Waals surface area contributed by atoms with Gasteiger partial charge in [-0.05, 0) is 38.5 Å². The van der Waals surface area contributed by atoms with Crippen molar-refractivity contribution in [2.24, 2.45) is 0 Å². The average molecular weight is 395 g/mol. The number of amides is 1. The summed E-state index contributed by atoms with van der Waals surface area (Å²) in [6, 6.07) is 7.79. The third-order valence-electron chi connectivity index (χ3n) is 4.87. The summed E-state index contributed by atoms with van der Waals surface area (Å²) in [5, 5.41) is 3.43. The largest absolute Gasteiger partial charge is 0.340 e. The molecule has 0 atom stereocenters. The Kier molecular flexibility index (Phi) is 6.93. The average Bonchev–Trinajstić information content (AvgIpc) is 3.06. The van der Waals surface area contributed by atoms with Crippen molar-refractivity contribution in [2.45, 2.75) is 46.6 Å². The van der Waals surface area contributed by atoms with Crippen LogP contribution < -0.4 is 5.32 Å². The van der Waals surface area contributed by atoms with Crippen LogP contribution in [-0.2, 0) is 13.0 Å². The Morgan fingerprint density at radius 3 is 2.66 bits per heavy atom. The van der Waals surface area contributed by atoms with Crippen LogP contribution in [0.15, 0.2) is 30.5 Å². The van der Waals surface area contributed by atoms with Crippen molar-refractivity contribution in [2.75, 3.05) is 20.1 Å². The van der Waals surface area contributed by atoms with Gasteiger partial charge in [0, 0.05) is 50.7 Å². The van der Waals surface area contributed by atoms with Gasteiger partial charge in [0.2, 0.25) is 0 Å². The van der Waals surface area contributed by atoms with Crippen LogP contribution in [0.1, 0.15) is 53.2 Å². The second kappa shape index (κ2) is 9.60. The van der Waals surface area contributed by atoms with E-state index in [0.717, 1.165) is 60.9 Å². The van der Waals surface area contributed by atoms with Crippen LogP contribution in [0.4, 0.5) is 0 Å². The Morgan fingerprint density at radius 2 is 1.93 bits per heavy atom. The summed E-state index contributed by atoms with van der Waals surface area (Å²) in [5.74, 6) is 0.806. The summed E-state index contributed by atoms with van der Waals surface area (Å²) in [6.45, 7) is 8.10. The molecule has 29 heavy (non-hydrogen) atoms. The van der Waals surface area contributed by atoms with Gasteiger partial charge in [0.05, 0.1) is 5.69 Å². The summed E-state index contributed by atoms with van der Waals surface area (Å²) in [6.07, 6.45) is 4.73. The van der Waals surface area contributed by atoms with E-state index >= 15 is 0 Å². The second-order valence-electron chi connectivity index (χ2n) is 7.41. The first-order valence-corrected chi connectivity index (χ1v) is 10.2. The quantitative estimate of drug-likeness (QED) is 0.565. The third kappa shape index (κ3) is 5.17. The van der Waals surface area contributed by atoms with Gasteiger partial charge in [-0.25, -0.2) is 15.0 Å². The van der Waals surface area contributed by atoms with E-state index in [1.807, 2.05) is 55.8 Å². The molecule has 0 aromatic carbocycles. The Bertz CT molecular complexity index is 960. The SMILES string of the molecule is CCCCN(C)C(=O)c1nc2ccccn2c1CNCCc1nc(C)cc(C)n1. The lowest BCUT2D eigenvalue weighted by molar-refractivity contribution is 0.0787. The monoisotopic (exact) mass is 394 g/mol. The van der Waals surface area contributed by atoms with E-state index in [1.165, 1.54) is 0 Å². The summed E-state index contributed by atoms with van der Waals surface area (Å²) in [4.78, 5) is 28.3. The number of pyridine rings is 1. The molecule has 0 aliphatic heterocycles. The van der Waals surface area contributed by atoms with E-state index in [0.29, 0.717) is 12.2 Å². The van der Waals surface area contributed by atoms with Crippen molar-refractivity contribution in [1.29, 1.82) is 0 Å². The van der Waals surface area contributed by atoms with Gasteiger partial charge >= 0.3 is 0 Å². The van der Waals surface area contributed by atoms with Gasteiger partial charge in [-0.1, -0.05) is 19.4 Å². The number of carbonyl (C=O) groups excluding carboxylic acids is 1. The first-order valence-electron chi connectivity index (χ1n) is 10.2. The maximum absolute atomic E-state index is 13.0. The Hall–Kier alpha value is -2.80. The molecule has 3 aromatic rings. The lowest BCUT2D eigenvalue weighted by Crippen LogP contribution is -2.30. The van der Waals surface area contributed by atoms with E-state index in [9.17, 15) is 4.79 Å². The number of hydrogen-bond acceptors (Lipinski definition) is 5. The predicted molar refractivity (Wildman–Crippen MR) is 114 cm³/mol. The predicted octanol–water partition coefficient (Wildman–Crippen LogP) is 2.95. The standard InChI is InChI=1S/C22H30N6O/c1-5-6-12-27(4)22(29)21-18(28-13-8-7-9-20(28)26-21)15-23-11-10-19-24-16(2)14-17(3)25-19/h7-9,13-14,23H,5-6,10-12,15H2,1-4H3. The second-order valence-corrected chi connectivity index (χ2v) is 7.41. The van der Waals surface area contributed by atoms with Crippen LogP contribution in [0, 0.1) is 13.8 Å². The summed E-state index contributed by atoms with van der Waals surface area (Å²) >= 11 is 0. The molecule has 3 aromatic heterocycles. The lowest BCUT2D eigenvalue weighted by Gasteiger charge is -2.16. The molecule has 7 heteroatoms. The van der Waals surface area contributed by atoms with E-state index in [2.05, 4.69) is 27.2 Å². The number of aryl methyl sites for hydroxylation is 2. The zero-order chi connectivity index (χ0) is 20.8. The number of aromatic nitrogens is 4. The molecule has 0 saturated heterocycles. The fraction of sp³-hybridized carbons (Fsp3) is 0.455. The van der Waals surface area contributed by atoms with E-state index in [4.69, 9.17) is 0 Å². The number of rotatable bonds is 9. The molecule has 0 radical (unpaired) electrons. The fourth-order valence-electron chi connectivity index (χ4n) is 3.38. The molecule has 154 valence electrons. The van der Waals surface area contributed by atoms with Gasteiger partial charge in [-0.3, -0.25) is 4.79 Å². The maximum Gasteiger partial charge on any atom is 0.274 e. The molecule has 0 spiro atoms. The van der Waals surface area contributed by atoms with Gasteiger partial charge in [0.15, 0.2) is 5.69 Å². The summed E-state index contributed by atoms with van der Waals surface area (Å²) in [5.41, 5.74) is 4.16. The number of unbranched alkanes of at least 4 members (excludes halogenated alkanes) is 1. The van der Waals surface area contributed by atoms with Crippen molar-refractivity contribution in [3.05, 3.63) is 59.1 Å². The summed E-state index contributed by atoms with van der Waals surface area (Å²) in [7, 11) is 1.84. The molecule has 3 heterocycles. The maximum atomic E-state index is 13.0. The third-order valence-corrected chi connectivity index (χ3v) is 4.87. The summed E-state index contributed by atoms with van der Waals surface area (Å²) < 4.78 is 1.99. The highest BCUT2D eigenvalue weighted by molar-refractivity contribution is 5.94. The van der Waals surface area contributed by atoms with Crippen LogP contribution in [-0.4, -0.2) is 50.3 Å². The molecular formula is C22H30N6O. The van der Waals surface area contributed by atoms with Gasteiger partial charge in [0.1, 0.15) is 11.5 Å². The van der Waals surface area contributed by atoms with Crippen molar-refractivity contribution in [1.82, 2.24) is 29.6 Å². The molecule has 0 bridgehead atoms. The fourth-order valence-corrected chi connectivity index (χ4v) is 3.38. The minimum Gasteiger partial charge on any atom is -0.340 e. The Labute approximate surface area is 172 Å². The topological polar surface area (TPSA) is 75.4 Å². The number of hydrogen-bond donors (Lipinski definition) is 1. The molecule has 0 aliphatic carbocycles. The van der Waals surface area contributed by atoms with Crippen LogP contribution in [0.2, 0.25) is 0 Å². The first kappa shape index (κ1) is 20.9. The molecule has 0 aliphatic rings. The number of nitrogens with zero attached hydrogens (tertiary/aromatic N) is 5. The van der Waals surface area contributed by atoms with Crippen LogP contribution >= 0.6 is 0 Å². The Morgan fingerprint density at radius 1 is 1.17 bits per heavy atom. The number of fused-ring (bicyclic) bond motifs is 1. The number of carbonyl (C=O) groups is 1. The van der Waals surface area contributed by atoms with Gasteiger partial charge in [0.25, 0.3) is 5.91 Å². The lowest BCUT2D eigenvalue weighted by atomic mass is 10.2. The van der Waals surface area contributed by atoms with Gasteiger partial charge in [-0.15, -0.1) is 0 Å². The highest BCUT2D eigenvalue weighted by Gasteiger charge is 2.21. The van der Waals surface area contributed by atoms with Crippen molar-refractivity contribution in [3.8, 4) is 0 Å². The number of nitrogens with one attached hydrogen (secondary N) is 1. The molecular weight excluding hydrogens is 364 g/mol. The van der Waals surface area contributed by atoms with E-state index in [1.54, 1.807) is 4.90 Å². The van der Waals surface area contributed by atoms with Crippen LogP contribution in [0.3, 0.4) is 0 Å². The van der Waals surface area contributed by atoms with Crippen LogP contribution in [0.5, 0.6) is 0 Å². The zero-order valence-electron chi connectivity index (χ0n) is 17.8. The molecule has 7 nitrogen and oxygen atoms in total. The van der Waals surface area contributed by atoms with E-state index < -0.39 is 0 Å². The number of imidazole rings is 1.